The molecule has 0 radical (unpaired) electrons. The number of aliphatic carboxylic acids is 1. The van der Waals surface area contributed by atoms with Crippen LogP contribution in [0.2, 0.25) is 0 Å². The number of carbonyl (C=O) groups is 2. The molecule has 0 bridgehead atoms. The number of esters is 1. The Bertz CT molecular complexity index is 1530. The monoisotopic (exact) mass is 883 g/mol. The fraction of sp³-hybridized carbons (Fsp3) is 0.964. The fourth-order valence-electron chi connectivity index (χ4n) is 19.3. The zero-order valence-corrected chi connectivity index (χ0v) is 42.5. The van der Waals surface area contributed by atoms with Crippen molar-refractivity contribution in [2.45, 2.75) is 236 Å². The van der Waals surface area contributed by atoms with Crippen LogP contribution in [0.15, 0.2) is 0 Å². The molecule has 0 spiro atoms. The Kier molecular flexibility index (Phi) is 16.4. The minimum atomic E-state index is -0.695. The molecule has 0 heterocycles. The van der Waals surface area contributed by atoms with Gasteiger partial charge in [0.2, 0.25) is 0 Å². The summed E-state index contributed by atoms with van der Waals surface area (Å²) in [7, 11) is 0. The predicted octanol–water partition coefficient (Wildman–Crippen LogP) is 12.8. The lowest BCUT2D eigenvalue weighted by atomic mass is 9.41. The molecular weight excluding hydrogens is 785 g/mol. The van der Waals surface area contributed by atoms with Gasteiger partial charge in [-0.2, -0.15) is 0 Å². The fourth-order valence-corrected chi connectivity index (χ4v) is 19.3. The minimum absolute atomic E-state index is 0.0365. The van der Waals surface area contributed by atoms with E-state index >= 15 is 0 Å². The smallest absolute Gasteiger partial charge is 0.306 e. The third-order valence-corrected chi connectivity index (χ3v) is 22.2. The Morgan fingerprint density at radius 2 is 0.968 bits per heavy atom. The number of aliphatic hydroxyl groups excluding tert-OH is 3. The molecular formula is C56H98O7. The molecule has 8 aliphatic carbocycles. The van der Waals surface area contributed by atoms with Gasteiger partial charge in [0.25, 0.3) is 0 Å². The Morgan fingerprint density at radius 1 is 0.556 bits per heavy atom. The van der Waals surface area contributed by atoms with Crippen LogP contribution in [0.25, 0.3) is 0 Å². The highest BCUT2D eigenvalue weighted by molar-refractivity contribution is 5.69. The maximum absolute atomic E-state index is 13.7. The van der Waals surface area contributed by atoms with Gasteiger partial charge in [-0.1, -0.05) is 95.9 Å². The van der Waals surface area contributed by atoms with Crippen LogP contribution in [0.1, 0.15) is 212 Å². The van der Waals surface area contributed by atoms with Gasteiger partial charge in [-0.05, 0) is 207 Å². The Hall–Kier alpha value is -1.18. The molecule has 0 unspecified atom stereocenters. The third kappa shape index (κ3) is 8.78. The van der Waals surface area contributed by atoms with Crippen LogP contribution >= 0.6 is 0 Å². The molecule has 7 nitrogen and oxygen atoms in total. The van der Waals surface area contributed by atoms with Crippen molar-refractivity contribution in [2.75, 3.05) is 0 Å². The summed E-state index contributed by atoms with van der Waals surface area (Å²) in [6.45, 7) is 27.3. The topological polar surface area (TPSA) is 124 Å². The normalized spacial score (nSPS) is 49.3. The van der Waals surface area contributed by atoms with E-state index in [1.807, 2.05) is 27.7 Å². The molecule has 0 aromatic rings. The highest BCUT2D eigenvalue weighted by Crippen LogP contribution is 2.71. The van der Waals surface area contributed by atoms with E-state index in [0.717, 1.165) is 83.5 Å². The molecule has 8 aliphatic rings. The molecule has 0 saturated heterocycles. The van der Waals surface area contributed by atoms with Crippen molar-refractivity contribution in [1.82, 2.24) is 0 Å². The van der Waals surface area contributed by atoms with E-state index in [2.05, 4.69) is 55.4 Å². The first kappa shape index (κ1) is 51.2. The van der Waals surface area contributed by atoms with Crippen molar-refractivity contribution in [3.63, 3.8) is 0 Å². The summed E-state index contributed by atoms with van der Waals surface area (Å²) in [6.07, 6.45) is 18.5. The second-order valence-corrected chi connectivity index (χ2v) is 24.1. The average Bonchev–Trinajstić information content (AvgIpc) is 3.81. The van der Waals surface area contributed by atoms with Crippen molar-refractivity contribution >= 4 is 11.9 Å². The Morgan fingerprint density at radius 3 is 1.43 bits per heavy atom. The van der Waals surface area contributed by atoms with Crippen LogP contribution < -0.4 is 0 Å². The van der Waals surface area contributed by atoms with E-state index in [-0.39, 0.29) is 70.3 Å². The van der Waals surface area contributed by atoms with Gasteiger partial charge in [-0.3, -0.25) is 9.59 Å². The molecule has 0 aromatic carbocycles. The van der Waals surface area contributed by atoms with Crippen LogP contribution in [0.3, 0.4) is 0 Å². The molecule has 0 amide bonds. The zero-order chi connectivity index (χ0) is 46.4. The van der Waals surface area contributed by atoms with Crippen molar-refractivity contribution in [1.29, 1.82) is 0 Å². The second-order valence-electron chi connectivity index (χ2n) is 24.1. The molecule has 364 valence electrons. The molecule has 8 rings (SSSR count). The highest BCUT2D eigenvalue weighted by Gasteiger charge is 2.67. The van der Waals surface area contributed by atoms with Gasteiger partial charge in [0, 0.05) is 12.8 Å². The third-order valence-electron chi connectivity index (χ3n) is 22.2. The van der Waals surface area contributed by atoms with E-state index in [9.17, 15) is 30.0 Å². The summed E-state index contributed by atoms with van der Waals surface area (Å²) >= 11 is 0. The number of hydrogen-bond donors (Lipinski definition) is 4. The van der Waals surface area contributed by atoms with E-state index < -0.39 is 5.97 Å². The van der Waals surface area contributed by atoms with Gasteiger partial charge < -0.3 is 25.2 Å². The highest BCUT2D eigenvalue weighted by atomic mass is 16.5. The number of fused-ring (bicyclic) bond motifs is 10. The molecule has 0 aliphatic heterocycles. The van der Waals surface area contributed by atoms with E-state index in [1.54, 1.807) is 0 Å². The van der Waals surface area contributed by atoms with Crippen LogP contribution in [0.5, 0.6) is 0 Å². The summed E-state index contributed by atoms with van der Waals surface area (Å²) in [4.78, 5) is 25.2. The van der Waals surface area contributed by atoms with E-state index in [1.165, 1.54) is 32.1 Å². The quantitative estimate of drug-likeness (QED) is 0.152. The van der Waals surface area contributed by atoms with Crippen LogP contribution in [0.4, 0.5) is 0 Å². The number of rotatable bonds is 11. The molecule has 8 saturated carbocycles. The first-order valence-corrected chi connectivity index (χ1v) is 27.4. The van der Waals surface area contributed by atoms with Crippen LogP contribution in [0, 0.1) is 105 Å². The number of hydrogen-bond acceptors (Lipinski definition) is 6. The largest absolute Gasteiger partial charge is 0.481 e. The van der Waals surface area contributed by atoms with Crippen molar-refractivity contribution in [2.24, 2.45) is 105 Å². The van der Waals surface area contributed by atoms with Crippen molar-refractivity contribution in [3.8, 4) is 0 Å². The van der Waals surface area contributed by atoms with Crippen molar-refractivity contribution < 1.29 is 34.8 Å². The summed E-state index contributed by atoms with van der Waals surface area (Å²) in [5.74, 6) is 5.15. The number of ether oxygens (including phenoxy) is 1. The summed E-state index contributed by atoms with van der Waals surface area (Å²) in [6, 6.07) is 0. The van der Waals surface area contributed by atoms with E-state index in [0.29, 0.717) is 77.4 Å². The number of carboxylic acid groups (broad SMARTS) is 1. The lowest BCUT2D eigenvalue weighted by Gasteiger charge is -2.65. The Balaban J connectivity index is 0.00000161. The first-order chi connectivity index (χ1) is 29.9. The van der Waals surface area contributed by atoms with Gasteiger partial charge in [0.1, 0.15) is 6.10 Å². The van der Waals surface area contributed by atoms with Gasteiger partial charge >= 0.3 is 11.9 Å². The van der Waals surface area contributed by atoms with Crippen LogP contribution in [-0.2, 0) is 14.3 Å². The average molecular weight is 883 g/mol. The SMILES string of the molecule is CC.CC.CC[C@H]1[C@@H](O)[C@@H]2[C@H](CC[C@]3(C)[C@@H]([C@H](C)CCC(=O)O[C@@H]4CC[C@@]5(C)[C@@H](C4)[C@@H](CC)[C@@H](O)[C@@H]4[C@@H]5CC[C@]5(C)[C@@H]([C@H](C)CCC(=O)O)CC[C@@H]45)CC[C@@H]23)[C@@]2(C)CC[C@@H](O)C[C@@H]12. The molecule has 22 atom stereocenters. The Labute approximate surface area is 385 Å². The standard InChI is InChI=1S/C52H86O7.2C2H6/c1-9-33-41-27-31(53)19-23-51(41,7)39-21-25-50(6)36(14-16-37(50)45(39)47(33)57)30(4)12-18-44(56)59-32-20-24-52(8)40-22-26-49(5)35(29(3)11-17-43(54)55)13-15-38(49)46(40)48(58)34(10-2)42(52)28-32;2*1-2/h29-42,45-48,53,57-58H,9-28H2,1-8H3,(H,54,55);2*1-2H3/t29-,30-,31-,32-,33-,34-,35-,36-,37+,38+,39+,40+,41+,42+,45+,46+,47-,48-,49-,50-,51-,52-;;/m1../s1. The number of carbonyl (C=O) groups excluding carboxylic acids is 1. The summed E-state index contributed by atoms with van der Waals surface area (Å²) in [5, 5.41) is 44.6. The molecule has 7 heteroatoms. The van der Waals surface area contributed by atoms with Gasteiger partial charge in [0.05, 0.1) is 18.3 Å². The lowest BCUT2D eigenvalue weighted by Crippen LogP contribution is -2.62. The number of carboxylic acids is 1. The predicted molar refractivity (Wildman–Crippen MR) is 255 cm³/mol. The maximum atomic E-state index is 13.7. The summed E-state index contributed by atoms with van der Waals surface area (Å²) in [5.41, 5.74) is 0.715. The van der Waals surface area contributed by atoms with Crippen LogP contribution in [-0.4, -0.2) is 56.8 Å². The van der Waals surface area contributed by atoms with Crippen molar-refractivity contribution in [3.05, 3.63) is 0 Å². The van der Waals surface area contributed by atoms with Gasteiger partial charge in [0.15, 0.2) is 0 Å². The molecule has 4 N–H and O–H groups in total. The molecule has 63 heavy (non-hydrogen) atoms. The second kappa shape index (κ2) is 20.2. The number of aliphatic hydroxyl groups is 3. The molecule has 8 fully saturated rings. The van der Waals surface area contributed by atoms with E-state index in [4.69, 9.17) is 4.74 Å². The molecule has 0 aromatic heterocycles. The lowest BCUT2D eigenvalue weighted by molar-refractivity contribution is -0.207. The maximum Gasteiger partial charge on any atom is 0.306 e. The van der Waals surface area contributed by atoms with Gasteiger partial charge in [-0.25, -0.2) is 0 Å². The summed E-state index contributed by atoms with van der Waals surface area (Å²) < 4.78 is 6.42. The van der Waals surface area contributed by atoms with Gasteiger partial charge in [-0.15, -0.1) is 0 Å². The minimum Gasteiger partial charge on any atom is -0.481 e. The zero-order valence-electron chi connectivity index (χ0n) is 42.5. The first-order valence-electron chi connectivity index (χ1n) is 27.4.